The fourth-order valence-corrected chi connectivity index (χ4v) is 2.71. The molecule has 0 fully saturated rings. The summed E-state index contributed by atoms with van der Waals surface area (Å²) >= 11 is 6.29. The van der Waals surface area contributed by atoms with E-state index >= 15 is 0 Å². The molecule has 0 radical (unpaired) electrons. The van der Waals surface area contributed by atoms with Gasteiger partial charge < -0.3 is 4.74 Å². The maximum Gasteiger partial charge on any atom is 0.146 e. The maximum absolute atomic E-state index is 12.2. The van der Waals surface area contributed by atoms with E-state index in [0.29, 0.717) is 23.6 Å². The normalized spacial score (nSPS) is 10.4. The number of hydrogen-bond acceptors (Lipinski definition) is 2. The van der Waals surface area contributed by atoms with E-state index in [1.165, 1.54) is 0 Å². The van der Waals surface area contributed by atoms with E-state index in [1.807, 2.05) is 66.7 Å². The van der Waals surface area contributed by atoms with Crippen molar-refractivity contribution in [3.63, 3.8) is 0 Å². The van der Waals surface area contributed by atoms with E-state index in [1.54, 1.807) is 12.1 Å². The van der Waals surface area contributed by atoms with E-state index < -0.39 is 0 Å². The molecule has 0 saturated carbocycles. The van der Waals surface area contributed by atoms with Gasteiger partial charge in [-0.05, 0) is 35.4 Å². The van der Waals surface area contributed by atoms with Crippen LogP contribution >= 0.6 is 11.6 Å². The number of Topliss-reactive ketones (excluding diaryl/α,β-unsaturated/α-hetero) is 1. The first-order valence-corrected chi connectivity index (χ1v) is 8.15. The average molecular weight is 337 g/mol. The van der Waals surface area contributed by atoms with Crippen LogP contribution in [0.2, 0.25) is 5.02 Å². The van der Waals surface area contributed by atoms with Crippen molar-refractivity contribution < 1.29 is 9.53 Å². The third kappa shape index (κ3) is 4.46. The van der Waals surface area contributed by atoms with Crippen molar-refractivity contribution in [3.05, 3.63) is 95.0 Å². The SMILES string of the molecule is O=C(Cc1ccccc1)Cc1ccc(Oc2ccccc2)c(Cl)c1. The fraction of sp³-hybridized carbons (Fsp3) is 0.0952. The highest BCUT2D eigenvalue weighted by Crippen LogP contribution is 2.30. The molecule has 0 heterocycles. The van der Waals surface area contributed by atoms with Crippen molar-refractivity contribution in [3.8, 4) is 11.5 Å². The number of hydrogen-bond donors (Lipinski definition) is 0. The Bertz CT molecular complexity index is 814. The molecule has 0 aliphatic rings. The second kappa shape index (κ2) is 7.80. The van der Waals surface area contributed by atoms with Crippen LogP contribution in [-0.4, -0.2) is 5.78 Å². The van der Waals surface area contributed by atoms with Crippen LogP contribution in [0.4, 0.5) is 0 Å². The van der Waals surface area contributed by atoms with Crippen molar-refractivity contribution >= 4 is 17.4 Å². The van der Waals surface area contributed by atoms with Crippen LogP contribution in [0.25, 0.3) is 0 Å². The predicted molar refractivity (Wildman–Crippen MR) is 96.8 cm³/mol. The molecule has 0 N–H and O–H groups in total. The number of para-hydroxylation sites is 1. The third-order valence-electron chi connectivity index (χ3n) is 3.61. The van der Waals surface area contributed by atoms with Crippen LogP contribution in [0, 0.1) is 0 Å². The summed E-state index contributed by atoms with van der Waals surface area (Å²) < 4.78 is 5.75. The molecular weight excluding hydrogens is 320 g/mol. The minimum Gasteiger partial charge on any atom is -0.456 e. The lowest BCUT2D eigenvalue weighted by molar-refractivity contribution is -0.117. The van der Waals surface area contributed by atoms with E-state index in [4.69, 9.17) is 16.3 Å². The number of ether oxygens (including phenoxy) is 1. The second-order valence-corrected chi connectivity index (χ2v) is 5.96. The number of carbonyl (C=O) groups is 1. The van der Waals surface area contributed by atoms with Crippen LogP contribution in [0.1, 0.15) is 11.1 Å². The molecule has 0 amide bonds. The number of ketones is 1. The fourth-order valence-electron chi connectivity index (χ4n) is 2.47. The molecule has 3 rings (SSSR count). The van der Waals surface area contributed by atoms with Gasteiger partial charge in [0, 0.05) is 12.8 Å². The summed E-state index contributed by atoms with van der Waals surface area (Å²) in [4.78, 5) is 12.2. The minimum atomic E-state index is 0.161. The van der Waals surface area contributed by atoms with Gasteiger partial charge in [0.2, 0.25) is 0 Å². The number of rotatable bonds is 6. The van der Waals surface area contributed by atoms with Gasteiger partial charge in [-0.3, -0.25) is 4.79 Å². The molecular formula is C21H17ClO2. The molecule has 2 nitrogen and oxygen atoms in total. The third-order valence-corrected chi connectivity index (χ3v) is 3.91. The largest absolute Gasteiger partial charge is 0.456 e. The number of benzene rings is 3. The average Bonchev–Trinajstić information content (AvgIpc) is 2.59. The molecule has 0 unspecified atom stereocenters. The van der Waals surface area contributed by atoms with Crippen molar-refractivity contribution in [2.24, 2.45) is 0 Å². The zero-order chi connectivity index (χ0) is 16.8. The molecule has 0 bridgehead atoms. The molecule has 3 aromatic carbocycles. The lowest BCUT2D eigenvalue weighted by atomic mass is 10.0. The summed E-state index contributed by atoms with van der Waals surface area (Å²) in [7, 11) is 0. The summed E-state index contributed by atoms with van der Waals surface area (Å²) in [6.45, 7) is 0. The molecule has 3 heteroatoms. The molecule has 0 aliphatic heterocycles. The summed E-state index contributed by atoms with van der Waals surface area (Å²) in [5, 5.41) is 0.504. The predicted octanol–water partition coefficient (Wildman–Crippen LogP) is 5.49. The van der Waals surface area contributed by atoms with Crippen LogP contribution in [0.3, 0.4) is 0 Å². The summed E-state index contributed by atoms with van der Waals surface area (Å²) in [6, 6.07) is 24.7. The monoisotopic (exact) mass is 336 g/mol. The molecule has 3 aromatic rings. The maximum atomic E-state index is 12.2. The zero-order valence-corrected chi connectivity index (χ0v) is 13.9. The van der Waals surface area contributed by atoms with Crippen molar-refractivity contribution in [1.82, 2.24) is 0 Å². The Hall–Kier alpha value is -2.58. The second-order valence-electron chi connectivity index (χ2n) is 5.56. The summed E-state index contributed by atoms with van der Waals surface area (Å²) in [5.41, 5.74) is 1.92. The molecule has 0 atom stereocenters. The Morgan fingerprint density at radius 1 is 0.792 bits per heavy atom. The Balaban J connectivity index is 1.65. The van der Waals surface area contributed by atoms with Gasteiger partial charge in [-0.1, -0.05) is 66.2 Å². The van der Waals surface area contributed by atoms with Gasteiger partial charge in [0.15, 0.2) is 0 Å². The quantitative estimate of drug-likeness (QED) is 0.595. The van der Waals surface area contributed by atoms with Crippen molar-refractivity contribution in [2.45, 2.75) is 12.8 Å². The Morgan fingerprint density at radius 3 is 2.08 bits per heavy atom. The van der Waals surface area contributed by atoms with Crippen molar-refractivity contribution in [1.29, 1.82) is 0 Å². The molecule has 120 valence electrons. The van der Waals surface area contributed by atoms with Gasteiger partial charge >= 0.3 is 0 Å². The lowest BCUT2D eigenvalue weighted by Gasteiger charge is -2.09. The van der Waals surface area contributed by atoms with E-state index in [0.717, 1.165) is 16.9 Å². The molecule has 0 aromatic heterocycles. The van der Waals surface area contributed by atoms with Gasteiger partial charge in [0.05, 0.1) is 5.02 Å². The van der Waals surface area contributed by atoms with E-state index in [9.17, 15) is 4.79 Å². The summed E-state index contributed by atoms with van der Waals surface area (Å²) in [5.74, 6) is 1.48. The molecule has 0 aliphatic carbocycles. The Morgan fingerprint density at radius 2 is 1.42 bits per heavy atom. The van der Waals surface area contributed by atoms with Gasteiger partial charge in [0.25, 0.3) is 0 Å². The number of carbonyl (C=O) groups excluding carboxylic acids is 1. The molecule has 0 saturated heterocycles. The first-order valence-electron chi connectivity index (χ1n) is 7.77. The highest BCUT2D eigenvalue weighted by atomic mass is 35.5. The van der Waals surface area contributed by atoms with Gasteiger partial charge in [-0.2, -0.15) is 0 Å². The van der Waals surface area contributed by atoms with Crippen molar-refractivity contribution in [2.75, 3.05) is 0 Å². The van der Waals surface area contributed by atoms with Gasteiger partial charge in [-0.25, -0.2) is 0 Å². The van der Waals surface area contributed by atoms with Crippen LogP contribution in [0.15, 0.2) is 78.9 Å². The first kappa shape index (κ1) is 16.3. The standard InChI is InChI=1S/C21H17ClO2/c22-20-15-17(14-18(23)13-16-7-3-1-4-8-16)11-12-21(20)24-19-9-5-2-6-10-19/h1-12,15H,13-14H2. The summed E-state index contributed by atoms with van der Waals surface area (Å²) in [6.07, 6.45) is 0.793. The van der Waals surface area contributed by atoms with Crippen LogP contribution in [-0.2, 0) is 17.6 Å². The Kier molecular flexibility index (Phi) is 5.29. The zero-order valence-electron chi connectivity index (χ0n) is 13.1. The topological polar surface area (TPSA) is 26.3 Å². The lowest BCUT2D eigenvalue weighted by Crippen LogP contribution is -2.06. The number of halogens is 1. The smallest absolute Gasteiger partial charge is 0.146 e. The van der Waals surface area contributed by atoms with Crippen LogP contribution in [0.5, 0.6) is 11.5 Å². The Labute approximate surface area is 146 Å². The molecule has 0 spiro atoms. The molecule has 24 heavy (non-hydrogen) atoms. The van der Waals surface area contributed by atoms with E-state index in [-0.39, 0.29) is 5.78 Å². The highest BCUT2D eigenvalue weighted by molar-refractivity contribution is 6.32. The van der Waals surface area contributed by atoms with Crippen LogP contribution < -0.4 is 4.74 Å². The minimum absolute atomic E-state index is 0.161. The first-order chi connectivity index (χ1) is 11.7. The van der Waals surface area contributed by atoms with E-state index in [2.05, 4.69) is 0 Å². The van der Waals surface area contributed by atoms with Gasteiger partial charge in [0.1, 0.15) is 17.3 Å². The van der Waals surface area contributed by atoms with Gasteiger partial charge in [-0.15, -0.1) is 0 Å². The highest BCUT2D eigenvalue weighted by Gasteiger charge is 2.09.